The van der Waals surface area contributed by atoms with E-state index in [1.165, 1.54) is 24.3 Å². The van der Waals surface area contributed by atoms with Crippen molar-refractivity contribution in [3.63, 3.8) is 0 Å². The zero-order chi connectivity index (χ0) is 25.5. The largest absolute Gasteiger partial charge is 0.489 e. The SMILES string of the molecule is CCOc1c(F)cc(COC2=C(OCc3cc(F)c(OCC)c(Cl)c3)C(CCO)OC2=O)cc1Cl. The summed E-state index contributed by atoms with van der Waals surface area (Å²) >= 11 is 12.2. The highest BCUT2D eigenvalue weighted by Gasteiger charge is 2.37. The van der Waals surface area contributed by atoms with Crippen LogP contribution in [-0.2, 0) is 32.2 Å². The molecule has 2 aromatic carbocycles. The second-order valence-corrected chi connectivity index (χ2v) is 8.13. The molecule has 2 aromatic rings. The lowest BCUT2D eigenvalue weighted by Crippen LogP contribution is -2.15. The second-order valence-electron chi connectivity index (χ2n) is 7.32. The first-order valence-corrected chi connectivity index (χ1v) is 11.6. The van der Waals surface area contributed by atoms with E-state index in [2.05, 4.69) is 0 Å². The van der Waals surface area contributed by atoms with Gasteiger partial charge in [-0.25, -0.2) is 13.6 Å². The number of hydrogen-bond acceptors (Lipinski definition) is 7. The molecule has 0 amide bonds. The summed E-state index contributed by atoms with van der Waals surface area (Å²) in [7, 11) is 0. The molecule has 0 aromatic heterocycles. The van der Waals surface area contributed by atoms with Gasteiger partial charge in [-0.2, -0.15) is 0 Å². The van der Waals surface area contributed by atoms with Crippen molar-refractivity contribution in [2.24, 2.45) is 0 Å². The molecule has 0 saturated heterocycles. The van der Waals surface area contributed by atoms with E-state index in [9.17, 15) is 18.7 Å². The molecule has 1 atom stereocenters. The van der Waals surface area contributed by atoms with E-state index in [0.29, 0.717) is 11.1 Å². The van der Waals surface area contributed by atoms with Crippen LogP contribution in [0.15, 0.2) is 35.8 Å². The fourth-order valence-electron chi connectivity index (χ4n) is 3.35. The van der Waals surface area contributed by atoms with Gasteiger partial charge in [-0.3, -0.25) is 0 Å². The van der Waals surface area contributed by atoms with Crippen LogP contribution in [0.4, 0.5) is 8.78 Å². The van der Waals surface area contributed by atoms with E-state index in [0.717, 1.165) is 0 Å². The third kappa shape index (κ3) is 6.48. The number of benzene rings is 2. The number of aliphatic hydroxyl groups is 1. The monoisotopic (exact) mass is 532 g/mol. The minimum atomic E-state index is -0.911. The molecule has 190 valence electrons. The summed E-state index contributed by atoms with van der Waals surface area (Å²) in [6.45, 7) is 3.19. The molecule has 35 heavy (non-hydrogen) atoms. The van der Waals surface area contributed by atoms with Crippen molar-refractivity contribution in [3.8, 4) is 11.5 Å². The van der Waals surface area contributed by atoms with E-state index in [-0.39, 0.29) is 72.5 Å². The molecule has 0 bridgehead atoms. The topological polar surface area (TPSA) is 83.5 Å². The van der Waals surface area contributed by atoms with Crippen molar-refractivity contribution in [3.05, 3.63) is 68.6 Å². The minimum absolute atomic E-state index is 0.0203. The normalized spacial score (nSPS) is 15.3. The first-order chi connectivity index (χ1) is 16.8. The Bertz CT molecular complexity index is 1060. The minimum Gasteiger partial charge on any atom is -0.489 e. The fourth-order valence-corrected chi connectivity index (χ4v) is 3.92. The Morgan fingerprint density at radius 3 is 1.86 bits per heavy atom. The molecular weight excluding hydrogens is 509 g/mol. The quantitative estimate of drug-likeness (QED) is 0.370. The van der Waals surface area contributed by atoms with E-state index in [1.54, 1.807) is 13.8 Å². The van der Waals surface area contributed by atoms with Gasteiger partial charge in [-0.05, 0) is 49.2 Å². The number of rotatable bonds is 12. The van der Waals surface area contributed by atoms with Gasteiger partial charge in [0.25, 0.3) is 0 Å². The van der Waals surface area contributed by atoms with Gasteiger partial charge in [0.2, 0.25) is 5.76 Å². The van der Waals surface area contributed by atoms with Gasteiger partial charge in [-0.1, -0.05) is 23.2 Å². The first kappa shape index (κ1) is 26.8. The lowest BCUT2D eigenvalue weighted by molar-refractivity contribution is -0.143. The van der Waals surface area contributed by atoms with Crippen LogP contribution < -0.4 is 9.47 Å². The molecule has 1 aliphatic heterocycles. The molecule has 0 fully saturated rings. The third-order valence-electron chi connectivity index (χ3n) is 4.81. The van der Waals surface area contributed by atoms with Crippen LogP contribution in [0.25, 0.3) is 0 Å². The maximum Gasteiger partial charge on any atom is 0.378 e. The van der Waals surface area contributed by atoms with Crippen molar-refractivity contribution in [1.82, 2.24) is 0 Å². The Labute approximate surface area is 211 Å². The van der Waals surface area contributed by atoms with Crippen LogP contribution >= 0.6 is 23.2 Å². The Hall–Kier alpha value is -2.75. The van der Waals surface area contributed by atoms with Crippen molar-refractivity contribution in [2.75, 3.05) is 19.8 Å². The van der Waals surface area contributed by atoms with Gasteiger partial charge in [0.05, 0.1) is 23.3 Å². The van der Waals surface area contributed by atoms with Gasteiger partial charge in [-0.15, -0.1) is 0 Å². The molecule has 3 rings (SSSR count). The van der Waals surface area contributed by atoms with Gasteiger partial charge in [0.15, 0.2) is 35.0 Å². The molecular formula is C24H24Cl2F2O7. The fraction of sp³-hybridized carbons (Fsp3) is 0.375. The summed E-state index contributed by atoms with van der Waals surface area (Å²) < 4.78 is 55.5. The molecule has 0 spiro atoms. The van der Waals surface area contributed by atoms with Crippen LogP contribution in [0, 0.1) is 11.6 Å². The summed E-state index contributed by atoms with van der Waals surface area (Å²) in [4.78, 5) is 12.4. The van der Waals surface area contributed by atoms with Gasteiger partial charge >= 0.3 is 5.97 Å². The number of esters is 1. The van der Waals surface area contributed by atoms with Crippen molar-refractivity contribution < 1.29 is 42.4 Å². The summed E-state index contributed by atoms with van der Waals surface area (Å²) in [6, 6.07) is 5.29. The van der Waals surface area contributed by atoms with Crippen molar-refractivity contribution in [2.45, 2.75) is 39.6 Å². The molecule has 0 saturated carbocycles. The maximum absolute atomic E-state index is 14.3. The number of cyclic esters (lactones) is 1. The third-order valence-corrected chi connectivity index (χ3v) is 5.37. The zero-order valence-electron chi connectivity index (χ0n) is 19.0. The Balaban J connectivity index is 1.80. The van der Waals surface area contributed by atoms with E-state index < -0.39 is 23.7 Å². The molecule has 1 heterocycles. The Morgan fingerprint density at radius 2 is 1.40 bits per heavy atom. The molecule has 1 unspecified atom stereocenters. The number of ether oxygens (including phenoxy) is 5. The van der Waals surface area contributed by atoms with E-state index in [1.807, 2.05) is 0 Å². The Kier molecular flexibility index (Phi) is 9.42. The maximum atomic E-state index is 14.3. The van der Waals surface area contributed by atoms with Crippen LogP contribution in [0.2, 0.25) is 10.0 Å². The van der Waals surface area contributed by atoms with Crippen molar-refractivity contribution in [1.29, 1.82) is 0 Å². The van der Waals surface area contributed by atoms with Crippen LogP contribution in [0.5, 0.6) is 11.5 Å². The molecule has 0 radical (unpaired) electrons. The number of carbonyl (C=O) groups excluding carboxylic acids is 1. The molecule has 7 nitrogen and oxygen atoms in total. The smallest absolute Gasteiger partial charge is 0.378 e. The average Bonchev–Trinajstić information content (AvgIpc) is 3.10. The summed E-state index contributed by atoms with van der Waals surface area (Å²) in [5.74, 6) is -2.52. The van der Waals surface area contributed by atoms with Gasteiger partial charge in [0.1, 0.15) is 13.2 Å². The molecule has 1 N–H and O–H groups in total. The van der Waals surface area contributed by atoms with Crippen LogP contribution in [0.1, 0.15) is 31.4 Å². The standard InChI is InChI=1S/C24H24Cl2F2O7/c1-3-31-20-15(25)7-13(9-17(20)27)11-33-22-19(5-6-29)35-24(30)23(22)34-12-14-8-16(26)21(32-4-2)18(28)10-14/h7-10,19,29H,3-6,11-12H2,1-2H3. The van der Waals surface area contributed by atoms with Crippen LogP contribution in [0.3, 0.4) is 0 Å². The first-order valence-electron chi connectivity index (χ1n) is 10.8. The summed E-state index contributed by atoms with van der Waals surface area (Å²) in [6.07, 6.45) is -0.860. The highest BCUT2D eigenvalue weighted by atomic mass is 35.5. The number of aliphatic hydroxyl groups excluding tert-OH is 1. The number of carbonyl (C=O) groups is 1. The predicted octanol–water partition coefficient (Wildman–Crippen LogP) is 5.32. The predicted molar refractivity (Wildman–Crippen MR) is 123 cm³/mol. The lowest BCUT2D eigenvalue weighted by atomic mass is 10.2. The van der Waals surface area contributed by atoms with E-state index in [4.69, 9.17) is 46.9 Å². The van der Waals surface area contributed by atoms with Gasteiger partial charge in [0, 0.05) is 13.0 Å². The second kappa shape index (κ2) is 12.3. The molecule has 0 aliphatic carbocycles. The lowest BCUT2D eigenvalue weighted by Gasteiger charge is -2.15. The zero-order valence-corrected chi connectivity index (χ0v) is 20.5. The van der Waals surface area contributed by atoms with E-state index >= 15 is 0 Å². The highest BCUT2D eigenvalue weighted by Crippen LogP contribution is 2.33. The highest BCUT2D eigenvalue weighted by molar-refractivity contribution is 6.32. The Morgan fingerprint density at radius 1 is 0.886 bits per heavy atom. The van der Waals surface area contributed by atoms with Crippen molar-refractivity contribution >= 4 is 29.2 Å². The summed E-state index contributed by atoms with van der Waals surface area (Å²) in [5.41, 5.74) is 0.701. The number of halogens is 4. The van der Waals surface area contributed by atoms with Gasteiger partial charge < -0.3 is 28.8 Å². The summed E-state index contributed by atoms with van der Waals surface area (Å²) in [5, 5.41) is 9.45. The molecule has 1 aliphatic rings. The van der Waals surface area contributed by atoms with Crippen LogP contribution in [-0.4, -0.2) is 37.0 Å². The number of hydrogen-bond donors (Lipinski definition) is 1. The molecule has 11 heteroatoms. The average molecular weight is 533 g/mol.